The summed E-state index contributed by atoms with van der Waals surface area (Å²) in [5.74, 6) is 0.303. The van der Waals surface area contributed by atoms with Gasteiger partial charge in [0.2, 0.25) is 0 Å². The Labute approximate surface area is 167 Å². The number of nitrogens with zero attached hydrogens (tertiary/aromatic N) is 1. The van der Waals surface area contributed by atoms with E-state index in [1.165, 1.54) is 14.2 Å². The zero-order valence-electron chi connectivity index (χ0n) is 15.8. The minimum atomic E-state index is -0.394. The summed E-state index contributed by atoms with van der Waals surface area (Å²) in [6.07, 6.45) is 1.58. The number of ether oxygens (including phenoxy) is 3. The SMILES string of the molecule is COc1ccc(C(=O)COC(=O)CCCc2nc3ccccc3s2)cc1OC. The van der Waals surface area contributed by atoms with E-state index >= 15 is 0 Å². The van der Waals surface area contributed by atoms with Gasteiger partial charge in [-0.25, -0.2) is 4.98 Å². The molecule has 146 valence electrons. The Morgan fingerprint density at radius 3 is 2.57 bits per heavy atom. The Morgan fingerprint density at radius 1 is 1.04 bits per heavy atom. The van der Waals surface area contributed by atoms with E-state index in [0.717, 1.165) is 15.2 Å². The second-order valence-corrected chi connectivity index (χ2v) is 7.20. The Morgan fingerprint density at radius 2 is 1.82 bits per heavy atom. The van der Waals surface area contributed by atoms with Crippen molar-refractivity contribution >= 4 is 33.3 Å². The Balaban J connectivity index is 1.45. The Kier molecular flexibility index (Phi) is 6.60. The lowest BCUT2D eigenvalue weighted by Crippen LogP contribution is -2.14. The normalized spacial score (nSPS) is 10.6. The molecule has 0 bridgehead atoms. The maximum Gasteiger partial charge on any atom is 0.306 e. The van der Waals surface area contributed by atoms with Gasteiger partial charge in [-0.3, -0.25) is 9.59 Å². The molecular weight excluding hydrogens is 378 g/mol. The van der Waals surface area contributed by atoms with Crippen molar-refractivity contribution in [1.82, 2.24) is 4.98 Å². The molecule has 0 fully saturated rings. The number of para-hydroxylation sites is 1. The lowest BCUT2D eigenvalue weighted by atomic mass is 10.1. The lowest BCUT2D eigenvalue weighted by molar-refractivity contribution is -0.142. The van der Waals surface area contributed by atoms with Crippen molar-refractivity contribution in [2.24, 2.45) is 0 Å². The predicted molar refractivity (Wildman–Crippen MR) is 107 cm³/mol. The van der Waals surface area contributed by atoms with Crippen LogP contribution in [0.5, 0.6) is 11.5 Å². The average molecular weight is 399 g/mol. The highest BCUT2D eigenvalue weighted by molar-refractivity contribution is 7.18. The number of fused-ring (bicyclic) bond motifs is 1. The number of methoxy groups -OCH3 is 2. The van der Waals surface area contributed by atoms with Gasteiger partial charge in [0.05, 0.1) is 29.4 Å². The number of aryl methyl sites for hydroxylation is 1. The molecule has 3 rings (SSSR count). The van der Waals surface area contributed by atoms with Crippen LogP contribution in [0.15, 0.2) is 42.5 Å². The van der Waals surface area contributed by atoms with Gasteiger partial charge in [-0.15, -0.1) is 11.3 Å². The van der Waals surface area contributed by atoms with Gasteiger partial charge in [-0.1, -0.05) is 12.1 Å². The number of Topliss-reactive ketones (excluding diaryl/α,β-unsaturated/α-hetero) is 1. The molecule has 0 aliphatic rings. The first-order valence-corrected chi connectivity index (χ1v) is 9.67. The first kappa shape index (κ1) is 19.8. The zero-order valence-corrected chi connectivity index (χ0v) is 16.6. The highest BCUT2D eigenvalue weighted by atomic mass is 32.1. The summed E-state index contributed by atoms with van der Waals surface area (Å²) in [6, 6.07) is 12.8. The van der Waals surface area contributed by atoms with Gasteiger partial charge in [0.1, 0.15) is 0 Å². The molecule has 7 heteroatoms. The number of esters is 1. The number of hydrogen-bond donors (Lipinski definition) is 0. The molecule has 0 amide bonds. The monoisotopic (exact) mass is 399 g/mol. The van der Waals surface area contributed by atoms with Crippen molar-refractivity contribution in [3.63, 3.8) is 0 Å². The van der Waals surface area contributed by atoms with Gasteiger partial charge in [0, 0.05) is 12.0 Å². The highest BCUT2D eigenvalue weighted by Gasteiger charge is 2.13. The first-order chi connectivity index (χ1) is 13.6. The molecule has 1 heterocycles. The second kappa shape index (κ2) is 9.32. The van der Waals surface area contributed by atoms with Crippen LogP contribution >= 0.6 is 11.3 Å². The summed E-state index contributed by atoms with van der Waals surface area (Å²) in [5.41, 5.74) is 1.38. The van der Waals surface area contributed by atoms with E-state index in [1.807, 2.05) is 24.3 Å². The van der Waals surface area contributed by atoms with Crippen LogP contribution in [-0.4, -0.2) is 37.6 Å². The third-order valence-electron chi connectivity index (χ3n) is 4.18. The molecule has 0 atom stereocenters. The van der Waals surface area contributed by atoms with Crippen molar-refractivity contribution in [3.05, 3.63) is 53.0 Å². The largest absolute Gasteiger partial charge is 0.493 e. The number of carbonyl (C=O) groups excluding carboxylic acids is 2. The number of thiazole rings is 1. The third-order valence-corrected chi connectivity index (χ3v) is 5.28. The van der Waals surface area contributed by atoms with Gasteiger partial charge < -0.3 is 14.2 Å². The number of benzene rings is 2. The quantitative estimate of drug-likeness (QED) is 0.399. The highest BCUT2D eigenvalue weighted by Crippen LogP contribution is 2.27. The molecule has 0 aliphatic heterocycles. The van der Waals surface area contributed by atoms with Crippen LogP contribution in [0, 0.1) is 0 Å². The van der Waals surface area contributed by atoms with Crippen LogP contribution in [-0.2, 0) is 16.0 Å². The lowest BCUT2D eigenvalue weighted by Gasteiger charge is -2.09. The van der Waals surface area contributed by atoms with E-state index in [-0.39, 0.29) is 18.8 Å². The molecule has 0 saturated heterocycles. The van der Waals surface area contributed by atoms with Crippen molar-refractivity contribution in [2.45, 2.75) is 19.3 Å². The van der Waals surface area contributed by atoms with Crippen LogP contribution in [0.3, 0.4) is 0 Å². The molecular formula is C21H21NO5S. The van der Waals surface area contributed by atoms with Crippen molar-refractivity contribution < 1.29 is 23.8 Å². The van der Waals surface area contributed by atoms with Gasteiger partial charge in [-0.2, -0.15) is 0 Å². The fourth-order valence-corrected chi connectivity index (χ4v) is 3.73. The molecule has 0 saturated carbocycles. The Hall–Kier alpha value is -2.93. The van der Waals surface area contributed by atoms with E-state index in [4.69, 9.17) is 14.2 Å². The molecule has 3 aromatic rings. The van der Waals surface area contributed by atoms with Crippen LogP contribution < -0.4 is 9.47 Å². The summed E-state index contributed by atoms with van der Waals surface area (Å²) in [4.78, 5) is 28.7. The van der Waals surface area contributed by atoms with E-state index in [0.29, 0.717) is 29.9 Å². The van der Waals surface area contributed by atoms with Crippen molar-refractivity contribution in [1.29, 1.82) is 0 Å². The summed E-state index contributed by atoms with van der Waals surface area (Å²) in [6.45, 7) is -0.296. The second-order valence-electron chi connectivity index (χ2n) is 6.08. The van der Waals surface area contributed by atoms with Crippen molar-refractivity contribution in [2.75, 3.05) is 20.8 Å². The molecule has 0 radical (unpaired) electrons. The molecule has 0 unspecified atom stereocenters. The van der Waals surface area contributed by atoms with Crippen LogP contribution in [0.2, 0.25) is 0 Å². The Bertz CT molecular complexity index is 949. The van der Waals surface area contributed by atoms with Crippen LogP contribution in [0.4, 0.5) is 0 Å². The maximum atomic E-state index is 12.2. The first-order valence-electron chi connectivity index (χ1n) is 8.86. The molecule has 0 spiro atoms. The summed E-state index contributed by atoms with van der Waals surface area (Å²) in [5, 5.41) is 0.996. The molecule has 1 aromatic heterocycles. The topological polar surface area (TPSA) is 74.7 Å². The van der Waals surface area contributed by atoms with Gasteiger partial charge in [-0.05, 0) is 43.2 Å². The predicted octanol–water partition coefficient (Wildman–Crippen LogP) is 4.06. The minimum Gasteiger partial charge on any atom is -0.493 e. The summed E-state index contributed by atoms with van der Waals surface area (Å²) in [7, 11) is 3.02. The van der Waals surface area contributed by atoms with Crippen LogP contribution in [0.1, 0.15) is 28.2 Å². The van der Waals surface area contributed by atoms with E-state index in [1.54, 1.807) is 29.5 Å². The maximum absolute atomic E-state index is 12.2. The van der Waals surface area contributed by atoms with Gasteiger partial charge in [0.25, 0.3) is 0 Å². The van der Waals surface area contributed by atoms with Crippen LogP contribution in [0.25, 0.3) is 10.2 Å². The smallest absolute Gasteiger partial charge is 0.306 e. The number of aromatic nitrogens is 1. The number of hydrogen-bond acceptors (Lipinski definition) is 7. The molecule has 0 N–H and O–H groups in total. The summed E-state index contributed by atoms with van der Waals surface area (Å²) >= 11 is 1.63. The zero-order chi connectivity index (χ0) is 19.9. The molecule has 6 nitrogen and oxygen atoms in total. The molecule has 2 aromatic carbocycles. The average Bonchev–Trinajstić information content (AvgIpc) is 3.14. The fraction of sp³-hybridized carbons (Fsp3) is 0.286. The number of rotatable bonds is 9. The van der Waals surface area contributed by atoms with Crippen molar-refractivity contribution in [3.8, 4) is 11.5 Å². The van der Waals surface area contributed by atoms with E-state index in [9.17, 15) is 9.59 Å². The van der Waals surface area contributed by atoms with E-state index in [2.05, 4.69) is 4.98 Å². The molecule has 0 aliphatic carbocycles. The number of ketones is 1. The van der Waals surface area contributed by atoms with Gasteiger partial charge in [0.15, 0.2) is 23.9 Å². The fourth-order valence-electron chi connectivity index (χ4n) is 2.72. The number of carbonyl (C=O) groups is 2. The van der Waals surface area contributed by atoms with E-state index < -0.39 is 5.97 Å². The standard InChI is InChI=1S/C21H21NO5S/c1-25-17-11-10-14(12-18(17)26-2)16(23)13-27-21(24)9-5-8-20-22-15-6-3-4-7-19(15)28-20/h3-4,6-7,10-12H,5,8-9,13H2,1-2H3. The summed E-state index contributed by atoms with van der Waals surface area (Å²) < 4.78 is 16.6. The third kappa shape index (κ3) is 4.86. The molecule has 28 heavy (non-hydrogen) atoms. The van der Waals surface area contributed by atoms with Gasteiger partial charge >= 0.3 is 5.97 Å². The minimum absolute atomic E-state index is 0.245.